The first-order valence-corrected chi connectivity index (χ1v) is 27.0. The minimum absolute atomic E-state index is 0. The van der Waals surface area contributed by atoms with Crippen molar-refractivity contribution in [3.8, 4) is 0 Å². The number of hydrogen-bond acceptors (Lipinski definition) is 17. The quantitative estimate of drug-likeness (QED) is 0.0899. The monoisotopic (exact) mass is 1180 g/mol. The Morgan fingerprint density at radius 2 is 1.30 bits per heavy atom. The Bertz CT molecular complexity index is 3150. The molecule has 6 aliphatic rings. The van der Waals surface area contributed by atoms with Gasteiger partial charge in [0.2, 0.25) is 35.4 Å². The van der Waals surface area contributed by atoms with E-state index in [0.29, 0.717) is 56.5 Å². The maximum absolute atomic E-state index is 13.4. The summed E-state index contributed by atoms with van der Waals surface area (Å²) in [5.74, 6) is -6.98. The van der Waals surface area contributed by atoms with E-state index in [1.807, 2.05) is 54.5 Å². The first kappa shape index (κ1) is 64.2. The van der Waals surface area contributed by atoms with Crippen LogP contribution in [0, 0.1) is 52.3 Å². The smallest absolute Gasteiger partial charge is 0.303 e. The molecule has 0 unspecified atom stereocenters. The number of nitrogens with zero attached hydrogens (tertiary/aromatic N) is 8. The normalized spacial score (nSPS) is 34.8. The SMILES string of the molecule is C/C1=C2/[N-][C@H]([C@H](CC(N)=O)[C@@]2(C)CCC(=O)O)[C@]2(C)N=C(/C(C)=C3N=C(/C=C4N=C1[C@@H](CCC(N)=O)C\4(C)C)[C@@H](CCC(N)=O)[C@]\3(C)CC(N)=O)[C@@H](CCC(N)=O)[C@]2(C)CC(N)=O.[CH2-][C@H]1O[C@@H](n2cnc3c(N)ncnc32)[C@H](O)[C@@H]1O.[Co]. The largest absolute Gasteiger partial charge is 0.682 e. The summed E-state index contributed by atoms with van der Waals surface area (Å²) in [6, 6.07) is -0.938. The number of aromatic nitrogens is 4. The Balaban J connectivity index is 0.000000477. The van der Waals surface area contributed by atoms with Crippen molar-refractivity contribution in [3.05, 3.63) is 59.2 Å². The van der Waals surface area contributed by atoms with E-state index >= 15 is 0 Å². The summed E-state index contributed by atoms with van der Waals surface area (Å²) in [5.41, 5.74) is 40.4. The van der Waals surface area contributed by atoms with Gasteiger partial charge in [-0.2, -0.15) is 5.70 Å². The van der Waals surface area contributed by atoms with Crippen LogP contribution in [0.3, 0.4) is 0 Å². The minimum atomic E-state index is -1.41. The second-order valence-corrected chi connectivity index (χ2v) is 24.0. The molecule has 13 atom stereocenters. The van der Waals surface area contributed by atoms with Gasteiger partial charge in [0.1, 0.15) is 17.9 Å². The number of carboxylic acids is 1. The number of aliphatic imine (C=N–C) groups is 3. The molecule has 2 saturated heterocycles. The van der Waals surface area contributed by atoms with Crippen molar-refractivity contribution in [2.75, 3.05) is 5.73 Å². The second kappa shape index (κ2) is 23.7. The fraction of sp³-hybridized carbons (Fsp3) is 0.600. The van der Waals surface area contributed by atoms with Crippen molar-refractivity contribution >= 4 is 75.5 Å². The molecule has 8 rings (SSSR count). The van der Waals surface area contributed by atoms with E-state index in [1.165, 1.54) is 17.2 Å². The number of imidazole rings is 1. The van der Waals surface area contributed by atoms with Gasteiger partial charge in [0.15, 0.2) is 17.7 Å². The number of amides is 6. The zero-order valence-corrected chi connectivity index (χ0v) is 48.5. The first-order valence-electron chi connectivity index (χ1n) is 27.0. The molecule has 0 spiro atoms. The molecule has 17 N–H and O–H groups in total. The zero-order valence-electron chi connectivity index (χ0n) is 47.5. The fourth-order valence-electron chi connectivity index (χ4n) is 13.8. The predicted molar refractivity (Wildman–Crippen MR) is 298 cm³/mol. The number of aliphatic hydroxyl groups excluding tert-OH is 2. The number of hydrogen-bond donors (Lipinski definition) is 10. The van der Waals surface area contributed by atoms with Crippen LogP contribution in [0.1, 0.15) is 132 Å². The Kier molecular flexibility index (Phi) is 18.6. The van der Waals surface area contributed by atoms with Gasteiger partial charge >= 0.3 is 5.97 Å². The van der Waals surface area contributed by atoms with Crippen LogP contribution in [0.25, 0.3) is 16.5 Å². The molecule has 6 aliphatic heterocycles. The molecule has 26 nitrogen and oxygen atoms in total. The van der Waals surface area contributed by atoms with Gasteiger partial charge in [0.25, 0.3) is 0 Å². The molecular formula is C55H77CoN15O11-2. The molecule has 2 aromatic rings. The maximum atomic E-state index is 13.4. The number of nitrogen functional groups attached to an aromatic ring is 1. The van der Waals surface area contributed by atoms with Crippen molar-refractivity contribution in [2.24, 2.45) is 94.7 Å². The third-order valence-electron chi connectivity index (χ3n) is 18.4. The Morgan fingerprint density at radius 1 is 0.720 bits per heavy atom. The number of rotatable bonds is 19. The second-order valence-electron chi connectivity index (χ2n) is 24.0. The van der Waals surface area contributed by atoms with Gasteiger partial charge in [-0.1, -0.05) is 40.7 Å². The summed E-state index contributed by atoms with van der Waals surface area (Å²) >= 11 is 0. The van der Waals surface area contributed by atoms with Crippen LogP contribution in [0.4, 0.5) is 5.82 Å². The Morgan fingerprint density at radius 3 is 1.84 bits per heavy atom. The number of nitrogens with two attached hydrogens (primary N) is 7. The van der Waals surface area contributed by atoms with Crippen LogP contribution in [0.15, 0.2) is 61.9 Å². The average Bonchev–Trinajstić information content (AvgIpc) is 2.58. The Labute approximate surface area is 485 Å². The van der Waals surface area contributed by atoms with E-state index in [9.17, 15) is 48.9 Å². The van der Waals surface area contributed by atoms with Crippen LogP contribution in [-0.2, 0) is 55.1 Å². The summed E-state index contributed by atoms with van der Waals surface area (Å²) in [4.78, 5) is 118. The maximum Gasteiger partial charge on any atom is 0.303 e. The zero-order chi connectivity index (χ0) is 60.2. The number of carbonyl (C=O) groups is 7. The number of fused-ring (bicyclic) bond motifs is 7. The van der Waals surface area contributed by atoms with Gasteiger partial charge in [-0.25, -0.2) is 15.0 Å². The molecule has 8 heterocycles. The molecule has 6 amide bonds. The van der Waals surface area contributed by atoms with Crippen molar-refractivity contribution in [1.29, 1.82) is 0 Å². The number of carbonyl (C=O) groups excluding carboxylic acids is 6. The van der Waals surface area contributed by atoms with Gasteiger partial charge in [-0.05, 0) is 81.1 Å². The number of aliphatic hydroxyl groups is 2. The van der Waals surface area contributed by atoms with Gasteiger partial charge < -0.3 is 72.4 Å². The molecule has 0 aromatic carbocycles. The molecule has 449 valence electrons. The Hall–Kier alpha value is -6.94. The number of aliphatic carboxylic acids is 1. The van der Waals surface area contributed by atoms with Gasteiger partial charge in [-0.3, -0.25) is 53.1 Å². The van der Waals surface area contributed by atoms with E-state index in [2.05, 4.69) is 21.9 Å². The predicted octanol–water partition coefficient (Wildman–Crippen LogP) is 1.97. The van der Waals surface area contributed by atoms with Crippen LogP contribution in [0.5, 0.6) is 0 Å². The number of anilines is 1. The standard InChI is InChI=1S/C45H66N10O8.C10H12N5O3.Co/c1-21-36-24(10-13-30(47)57)41(3,4)28(53-36)18-27-23(9-12-29(46)56)43(6,19-33(50)60)39(52-27)22(2)37-25(11-14-31(48)58)44(7,20-34(51)61)45(8,55-37)40-26(17-32(49)59)42(5,38(21)54-40)16-15-35(62)63;1-4-6(16)7(17)10(18-4)15-3-14-5-8(11)12-2-13-9(5)15;/h18,23-26,40H,9-17,19-20H2,1-8H3,(H14,46,47,48,49,50,51,52,53,54,55,56,57,58,59,60,61,62,63);2-4,6-7,10,16-17H,1H2,(H2,11,12,13);/q;-1;/p-1/t23-,24-,25-,26+,40-,42-,43+,44+,45+;4-,6-,7-,10-;/m11./s1. The first-order chi connectivity index (χ1) is 37.6. The van der Waals surface area contributed by atoms with Gasteiger partial charge in [0.05, 0.1) is 23.7 Å². The molecule has 8 bridgehead atoms. The van der Waals surface area contributed by atoms with Crippen LogP contribution < -0.4 is 40.1 Å². The number of ether oxygens (including phenoxy) is 1. The van der Waals surface area contributed by atoms with E-state index in [1.54, 1.807) is 6.92 Å². The van der Waals surface area contributed by atoms with Crippen LogP contribution >= 0.6 is 0 Å². The van der Waals surface area contributed by atoms with Crippen molar-refractivity contribution in [1.82, 2.24) is 19.5 Å². The summed E-state index contributed by atoms with van der Waals surface area (Å²) in [6.45, 7) is 18.6. The summed E-state index contributed by atoms with van der Waals surface area (Å²) in [6.07, 6.45) is 0.469. The van der Waals surface area contributed by atoms with E-state index in [-0.39, 0.29) is 93.2 Å². The molecule has 0 aliphatic carbocycles. The summed E-state index contributed by atoms with van der Waals surface area (Å²) < 4.78 is 6.90. The van der Waals surface area contributed by atoms with E-state index in [0.717, 1.165) is 0 Å². The number of allylic oxidation sites excluding steroid dienone is 6. The van der Waals surface area contributed by atoms with Crippen LogP contribution in [0.2, 0.25) is 0 Å². The van der Waals surface area contributed by atoms with E-state index < -0.39 is 123 Å². The molecule has 1 radical (unpaired) electrons. The van der Waals surface area contributed by atoms with Gasteiger partial charge in [0, 0.05) is 119 Å². The molecule has 2 aromatic heterocycles. The summed E-state index contributed by atoms with van der Waals surface area (Å²) in [7, 11) is 0. The number of carboxylic acid groups (broad SMARTS) is 1. The molecule has 82 heavy (non-hydrogen) atoms. The third kappa shape index (κ3) is 11.6. The van der Waals surface area contributed by atoms with Crippen LogP contribution in [-0.4, -0.2) is 123 Å². The average molecular weight is 1180 g/mol. The molecule has 27 heteroatoms. The third-order valence-corrected chi connectivity index (χ3v) is 18.4. The fourth-order valence-corrected chi connectivity index (χ4v) is 13.8. The topological polar surface area (TPSA) is 466 Å². The van der Waals surface area contributed by atoms with Crippen molar-refractivity contribution in [3.63, 3.8) is 0 Å². The van der Waals surface area contributed by atoms with Crippen molar-refractivity contribution in [2.45, 2.75) is 162 Å². The molecule has 0 saturated carbocycles. The van der Waals surface area contributed by atoms with Crippen molar-refractivity contribution < 1.29 is 70.4 Å². The number of primary amides is 6. The van der Waals surface area contributed by atoms with Gasteiger partial charge in [-0.15, -0.1) is 0 Å². The van der Waals surface area contributed by atoms with E-state index in [4.69, 9.17) is 65.2 Å². The summed E-state index contributed by atoms with van der Waals surface area (Å²) in [5, 5.41) is 35.1. The molecule has 2 fully saturated rings. The molecular weight excluding hydrogens is 1110 g/mol. The minimum Gasteiger partial charge on any atom is -0.682 e.